The Balaban J connectivity index is 2.84. The lowest BCUT2D eigenvalue weighted by atomic mass is 10.3. The Morgan fingerprint density at radius 1 is 1.43 bits per heavy atom. The van der Waals surface area contributed by atoms with Crippen molar-refractivity contribution in [3.63, 3.8) is 0 Å². The van der Waals surface area contributed by atoms with Gasteiger partial charge in [-0.15, -0.1) is 0 Å². The summed E-state index contributed by atoms with van der Waals surface area (Å²) in [4.78, 5) is 6.91. The highest BCUT2D eigenvalue weighted by Gasteiger charge is 2.13. The van der Waals surface area contributed by atoms with E-state index in [1.54, 1.807) is 0 Å². The van der Waals surface area contributed by atoms with Crippen LogP contribution >= 0.6 is 11.6 Å². The molecule has 0 aliphatic carbocycles. The molecule has 0 fully saturated rings. The molecule has 6 heteroatoms. The summed E-state index contributed by atoms with van der Waals surface area (Å²) in [6.45, 7) is 0. The first-order chi connectivity index (χ1) is 6.48. The van der Waals surface area contributed by atoms with Crippen LogP contribution in [0.25, 0.3) is 11.0 Å². The quantitative estimate of drug-likeness (QED) is 0.810. The molecule has 0 saturated carbocycles. The number of hydrogen-bond acceptors (Lipinski definition) is 3. The van der Waals surface area contributed by atoms with Gasteiger partial charge in [-0.3, -0.25) is 0 Å². The van der Waals surface area contributed by atoms with E-state index in [0.717, 1.165) is 6.26 Å². The van der Waals surface area contributed by atoms with Crippen molar-refractivity contribution in [2.24, 2.45) is 0 Å². The molecule has 1 heterocycles. The molecule has 1 aromatic carbocycles. The summed E-state index contributed by atoms with van der Waals surface area (Å²) in [6, 6.07) is 3.02. The van der Waals surface area contributed by atoms with Gasteiger partial charge < -0.3 is 4.98 Å². The first kappa shape index (κ1) is 9.48. The van der Waals surface area contributed by atoms with Crippen molar-refractivity contribution in [2.45, 2.75) is 4.90 Å². The summed E-state index contributed by atoms with van der Waals surface area (Å²) >= 11 is 5.81. The lowest BCUT2D eigenvalue weighted by Crippen LogP contribution is -1.97. The minimum atomic E-state index is -3.28. The number of benzene rings is 1. The number of sulfone groups is 1. The summed E-state index contributed by atoms with van der Waals surface area (Å²) in [6.07, 6.45) is 2.61. The third-order valence-corrected chi connectivity index (χ3v) is 3.43. The van der Waals surface area contributed by atoms with Crippen molar-refractivity contribution in [3.05, 3.63) is 23.5 Å². The number of fused-ring (bicyclic) bond motifs is 1. The molecule has 2 aromatic rings. The molecule has 0 aliphatic rings. The molecular formula is C8H7ClN2O2S. The summed E-state index contributed by atoms with van der Waals surface area (Å²) in [5, 5.41) is 0.201. The third kappa shape index (κ3) is 1.49. The maximum Gasteiger partial charge on any atom is 0.177 e. The fraction of sp³-hybridized carbons (Fsp3) is 0.125. The van der Waals surface area contributed by atoms with Gasteiger partial charge in [0.1, 0.15) is 0 Å². The van der Waals surface area contributed by atoms with Crippen LogP contribution in [0.1, 0.15) is 0 Å². The first-order valence-corrected chi connectivity index (χ1v) is 6.08. The van der Waals surface area contributed by atoms with Crippen molar-refractivity contribution in [3.8, 4) is 0 Å². The Bertz CT molecular complexity index is 588. The van der Waals surface area contributed by atoms with E-state index >= 15 is 0 Å². The van der Waals surface area contributed by atoms with E-state index in [1.807, 2.05) is 0 Å². The lowest BCUT2D eigenvalue weighted by Gasteiger charge is -2.00. The number of nitrogens with one attached hydrogen (secondary N) is 1. The van der Waals surface area contributed by atoms with E-state index < -0.39 is 9.84 Å². The van der Waals surface area contributed by atoms with Crippen molar-refractivity contribution >= 4 is 32.5 Å². The van der Waals surface area contributed by atoms with E-state index in [2.05, 4.69) is 9.97 Å². The normalized spacial score (nSPS) is 12.1. The average Bonchev–Trinajstić information content (AvgIpc) is 2.47. The number of rotatable bonds is 1. The van der Waals surface area contributed by atoms with Gasteiger partial charge in [-0.25, -0.2) is 13.4 Å². The molecule has 0 aliphatic heterocycles. The van der Waals surface area contributed by atoms with Gasteiger partial charge in [0.15, 0.2) is 9.84 Å². The summed E-state index contributed by atoms with van der Waals surface area (Å²) < 4.78 is 22.6. The zero-order valence-corrected chi connectivity index (χ0v) is 8.85. The number of nitrogens with zero attached hydrogens (tertiary/aromatic N) is 1. The molecule has 1 N–H and O–H groups in total. The van der Waals surface area contributed by atoms with Gasteiger partial charge >= 0.3 is 0 Å². The Morgan fingerprint density at radius 3 is 2.79 bits per heavy atom. The average molecular weight is 231 g/mol. The maximum atomic E-state index is 11.3. The van der Waals surface area contributed by atoms with Crippen LogP contribution in [-0.4, -0.2) is 24.6 Å². The Hall–Kier alpha value is -1.07. The zero-order valence-electron chi connectivity index (χ0n) is 7.28. The molecule has 0 spiro atoms. The molecule has 0 unspecified atom stereocenters. The van der Waals surface area contributed by atoms with E-state index in [9.17, 15) is 8.42 Å². The van der Waals surface area contributed by atoms with Gasteiger partial charge in [0.25, 0.3) is 0 Å². The SMILES string of the molecule is CS(=O)(=O)c1cc2[nH]cnc2cc1Cl. The molecular weight excluding hydrogens is 224 g/mol. The van der Waals surface area contributed by atoms with Crippen LogP contribution < -0.4 is 0 Å². The smallest absolute Gasteiger partial charge is 0.177 e. The number of imidazole rings is 1. The lowest BCUT2D eigenvalue weighted by molar-refractivity contribution is 0.602. The molecule has 0 saturated heterocycles. The van der Waals surface area contributed by atoms with E-state index in [1.165, 1.54) is 18.5 Å². The molecule has 0 atom stereocenters. The van der Waals surface area contributed by atoms with E-state index in [4.69, 9.17) is 11.6 Å². The Morgan fingerprint density at radius 2 is 2.14 bits per heavy atom. The van der Waals surface area contributed by atoms with Gasteiger partial charge in [-0.05, 0) is 12.1 Å². The van der Waals surface area contributed by atoms with Crippen LogP contribution in [0.2, 0.25) is 5.02 Å². The van der Waals surface area contributed by atoms with Crippen molar-refractivity contribution in [1.29, 1.82) is 0 Å². The number of H-pyrrole nitrogens is 1. The minimum Gasteiger partial charge on any atom is -0.345 e. The van der Waals surface area contributed by atoms with Gasteiger partial charge in [0.2, 0.25) is 0 Å². The molecule has 0 radical (unpaired) electrons. The van der Waals surface area contributed by atoms with Crippen LogP contribution in [0.5, 0.6) is 0 Å². The van der Waals surface area contributed by atoms with E-state index in [0.29, 0.717) is 11.0 Å². The fourth-order valence-electron chi connectivity index (χ4n) is 1.22. The first-order valence-electron chi connectivity index (χ1n) is 3.81. The maximum absolute atomic E-state index is 11.3. The van der Waals surface area contributed by atoms with Gasteiger partial charge in [-0.2, -0.15) is 0 Å². The fourth-order valence-corrected chi connectivity index (χ4v) is 2.54. The van der Waals surface area contributed by atoms with Gasteiger partial charge in [-0.1, -0.05) is 11.6 Å². The molecule has 0 amide bonds. The van der Waals surface area contributed by atoms with Crippen LogP contribution in [0, 0.1) is 0 Å². The van der Waals surface area contributed by atoms with Gasteiger partial charge in [0, 0.05) is 6.26 Å². The standard InChI is InChI=1S/C8H7ClN2O2S/c1-14(12,13)8-3-7-6(2-5(8)9)10-4-11-7/h2-4H,1H3,(H,10,11). The molecule has 1 aromatic heterocycles. The second-order valence-electron chi connectivity index (χ2n) is 2.97. The predicted octanol–water partition coefficient (Wildman–Crippen LogP) is 1.62. The minimum absolute atomic E-state index is 0.121. The number of aromatic nitrogens is 2. The van der Waals surface area contributed by atoms with Crippen LogP contribution in [0.4, 0.5) is 0 Å². The van der Waals surface area contributed by atoms with Crippen molar-refractivity contribution in [2.75, 3.05) is 6.26 Å². The van der Waals surface area contributed by atoms with E-state index in [-0.39, 0.29) is 9.92 Å². The van der Waals surface area contributed by atoms with Crippen molar-refractivity contribution < 1.29 is 8.42 Å². The third-order valence-electron chi connectivity index (χ3n) is 1.87. The molecule has 4 nitrogen and oxygen atoms in total. The van der Waals surface area contributed by atoms with Crippen LogP contribution in [-0.2, 0) is 9.84 Å². The van der Waals surface area contributed by atoms with Crippen molar-refractivity contribution in [1.82, 2.24) is 9.97 Å². The summed E-state index contributed by atoms with van der Waals surface area (Å²) in [5.74, 6) is 0. The summed E-state index contributed by atoms with van der Waals surface area (Å²) in [7, 11) is -3.28. The van der Waals surface area contributed by atoms with Gasteiger partial charge in [0.05, 0.1) is 27.3 Å². The number of hydrogen-bond donors (Lipinski definition) is 1. The number of aromatic amines is 1. The largest absolute Gasteiger partial charge is 0.345 e. The van der Waals surface area contributed by atoms with Crippen LogP contribution in [0.3, 0.4) is 0 Å². The molecule has 74 valence electrons. The number of halogens is 1. The second kappa shape index (κ2) is 2.96. The highest BCUT2D eigenvalue weighted by Crippen LogP contribution is 2.25. The molecule has 0 bridgehead atoms. The Labute approximate surface area is 85.8 Å². The van der Waals surface area contributed by atoms with Crippen LogP contribution in [0.15, 0.2) is 23.4 Å². The molecule has 2 rings (SSSR count). The predicted molar refractivity (Wildman–Crippen MR) is 54.2 cm³/mol. The molecule has 14 heavy (non-hydrogen) atoms. The monoisotopic (exact) mass is 230 g/mol. The zero-order chi connectivity index (χ0) is 10.3. The topological polar surface area (TPSA) is 62.8 Å². The second-order valence-corrected chi connectivity index (χ2v) is 5.37. The summed E-state index contributed by atoms with van der Waals surface area (Å²) in [5.41, 5.74) is 1.32. The highest BCUT2D eigenvalue weighted by atomic mass is 35.5. The Kier molecular flexibility index (Phi) is 2.01. The highest BCUT2D eigenvalue weighted by molar-refractivity contribution is 7.90.